The zero-order valence-corrected chi connectivity index (χ0v) is 20.8. The van der Waals surface area contributed by atoms with E-state index in [0.717, 1.165) is 0 Å². The lowest BCUT2D eigenvalue weighted by Crippen LogP contribution is -2.52. The monoisotopic (exact) mass is 534 g/mol. The summed E-state index contributed by atoms with van der Waals surface area (Å²) in [4.78, 5) is 68.0. The first kappa shape index (κ1) is 25.3. The molecule has 2 atom stereocenters. The fourth-order valence-corrected chi connectivity index (χ4v) is 4.97. The first-order chi connectivity index (χ1) is 18.2. The molecule has 10 nitrogen and oxygen atoms in total. The molecule has 194 valence electrons. The first-order valence-electron chi connectivity index (χ1n) is 12.0. The highest BCUT2D eigenvalue weighted by Crippen LogP contribution is 2.34. The van der Waals surface area contributed by atoms with Gasteiger partial charge in [-0.3, -0.25) is 34.3 Å². The lowest BCUT2D eigenvalue weighted by atomic mass is 9.87. The van der Waals surface area contributed by atoms with Crippen molar-refractivity contribution in [1.29, 1.82) is 0 Å². The molecule has 2 heterocycles. The Hall–Kier alpha value is -4.31. The van der Waals surface area contributed by atoms with Crippen molar-refractivity contribution in [1.82, 2.24) is 10.2 Å². The third kappa shape index (κ3) is 4.95. The Labute approximate surface area is 222 Å². The van der Waals surface area contributed by atoms with E-state index in [1.165, 1.54) is 11.1 Å². The van der Waals surface area contributed by atoms with Crippen LogP contribution < -0.4 is 10.6 Å². The van der Waals surface area contributed by atoms with Gasteiger partial charge < -0.3 is 15.3 Å². The molecule has 0 aromatic heterocycles. The number of nitrogens with one attached hydrogen (secondary N) is 2. The lowest BCUT2D eigenvalue weighted by molar-refractivity contribution is -0.137. The van der Waals surface area contributed by atoms with Gasteiger partial charge in [0.15, 0.2) is 5.78 Å². The number of halogens is 1. The molecular formula is C27H23ClN4O6. The van der Waals surface area contributed by atoms with Crippen molar-refractivity contribution < 1.29 is 29.1 Å². The molecule has 5 rings (SSSR count). The number of hydrogen-bond donors (Lipinski definition) is 3. The van der Waals surface area contributed by atoms with Gasteiger partial charge in [0.25, 0.3) is 5.91 Å². The molecule has 2 unspecified atom stereocenters. The number of benzene rings is 2. The predicted molar refractivity (Wildman–Crippen MR) is 138 cm³/mol. The van der Waals surface area contributed by atoms with Crippen LogP contribution >= 0.6 is 11.6 Å². The fraction of sp³-hybridized carbons (Fsp3) is 0.259. The number of rotatable bonds is 5. The van der Waals surface area contributed by atoms with E-state index in [4.69, 9.17) is 11.6 Å². The Morgan fingerprint density at radius 3 is 2.58 bits per heavy atom. The van der Waals surface area contributed by atoms with Gasteiger partial charge in [-0.15, -0.1) is 0 Å². The van der Waals surface area contributed by atoms with Crippen LogP contribution in [-0.2, 0) is 25.7 Å². The average Bonchev–Trinajstić information content (AvgIpc) is 3.21. The van der Waals surface area contributed by atoms with E-state index in [9.17, 15) is 29.1 Å². The highest BCUT2D eigenvalue weighted by Gasteiger charge is 2.40. The van der Waals surface area contributed by atoms with Gasteiger partial charge in [-0.1, -0.05) is 17.7 Å². The lowest BCUT2D eigenvalue weighted by Gasteiger charge is -2.29. The molecule has 0 radical (unpaired) electrons. The number of hydrogen-bond acceptors (Lipinski definition) is 7. The number of piperidine rings is 1. The van der Waals surface area contributed by atoms with Crippen LogP contribution in [0, 0.1) is 5.92 Å². The van der Waals surface area contributed by atoms with Gasteiger partial charge >= 0.3 is 0 Å². The van der Waals surface area contributed by atoms with E-state index in [1.807, 2.05) is 0 Å². The minimum Gasteiger partial charge on any atom is -0.511 e. The molecule has 2 aliphatic heterocycles. The van der Waals surface area contributed by atoms with E-state index in [-0.39, 0.29) is 55.4 Å². The maximum absolute atomic E-state index is 13.0. The van der Waals surface area contributed by atoms with Crippen LogP contribution in [0.1, 0.15) is 41.6 Å². The second-order valence-corrected chi connectivity index (χ2v) is 9.78. The zero-order valence-electron chi connectivity index (χ0n) is 20.1. The molecule has 11 heteroatoms. The molecule has 38 heavy (non-hydrogen) atoms. The summed E-state index contributed by atoms with van der Waals surface area (Å²) in [6.07, 6.45) is 1.52. The number of amides is 4. The van der Waals surface area contributed by atoms with Gasteiger partial charge in [0.1, 0.15) is 11.8 Å². The van der Waals surface area contributed by atoms with E-state index in [0.29, 0.717) is 27.5 Å². The Bertz CT molecular complexity index is 1430. The number of carbonyl (C=O) groups excluding carboxylic acids is 5. The van der Waals surface area contributed by atoms with Crippen LogP contribution in [0.25, 0.3) is 0 Å². The second kappa shape index (κ2) is 10.2. The van der Waals surface area contributed by atoms with Crippen LogP contribution in [0.2, 0.25) is 5.02 Å². The first-order valence-corrected chi connectivity index (χ1v) is 12.4. The number of nitrogens with zero attached hydrogens (tertiary/aromatic N) is 2. The van der Waals surface area contributed by atoms with Crippen LogP contribution in [0.5, 0.6) is 0 Å². The standard InChI is InChI=1S/C27H23ClN4O6/c28-15-4-6-16(7-5-15)30-25(36)14-10-22(33)18(23(34)11-14)12-29-20-3-1-2-17-19(20)13-32(27(17)38)21-8-9-24(35)31-26(21)37/h1-7,12,14,21,33H,8-11,13H2,(H,30,36)(H,31,35,37). The quantitative estimate of drug-likeness (QED) is 0.396. The number of Topliss-reactive ketones (excluding diaryl/α,β-unsaturated/α-hetero) is 1. The SMILES string of the molecule is O=C1CCC(N2Cc3c(N=CC4=C(O)CC(C(=O)Nc5ccc(Cl)cc5)CC4=O)cccc3C2=O)C(=O)N1. The molecule has 2 aromatic rings. The van der Waals surface area contributed by atoms with Crippen molar-refractivity contribution in [3.63, 3.8) is 0 Å². The summed E-state index contributed by atoms with van der Waals surface area (Å²) in [5.41, 5.74) is 1.92. The van der Waals surface area contributed by atoms with Crippen LogP contribution in [0.4, 0.5) is 11.4 Å². The average molecular weight is 535 g/mol. The Morgan fingerprint density at radius 2 is 1.87 bits per heavy atom. The number of allylic oxidation sites excluding steroid dienone is 2. The van der Waals surface area contributed by atoms with Crippen molar-refractivity contribution in [2.24, 2.45) is 10.9 Å². The molecule has 4 amide bonds. The molecule has 3 aliphatic rings. The summed E-state index contributed by atoms with van der Waals surface area (Å²) in [5.74, 6) is -3.01. The molecule has 0 saturated carbocycles. The highest BCUT2D eigenvalue weighted by molar-refractivity contribution is 6.30. The Morgan fingerprint density at radius 1 is 1.11 bits per heavy atom. The van der Waals surface area contributed by atoms with Gasteiger partial charge in [-0.25, -0.2) is 0 Å². The largest absolute Gasteiger partial charge is 0.511 e. The number of aliphatic hydroxyl groups excluding tert-OH is 1. The number of fused-ring (bicyclic) bond motifs is 1. The van der Waals surface area contributed by atoms with Gasteiger partial charge in [0.2, 0.25) is 17.7 Å². The van der Waals surface area contributed by atoms with E-state index >= 15 is 0 Å². The molecule has 1 aliphatic carbocycles. The van der Waals surface area contributed by atoms with Crippen LogP contribution in [0.3, 0.4) is 0 Å². The van der Waals surface area contributed by atoms with Gasteiger partial charge in [-0.05, 0) is 42.8 Å². The third-order valence-electron chi connectivity index (χ3n) is 6.86. The number of imide groups is 1. The molecule has 1 saturated heterocycles. The molecule has 1 fully saturated rings. The molecule has 2 aromatic carbocycles. The summed E-state index contributed by atoms with van der Waals surface area (Å²) in [7, 11) is 0. The van der Waals surface area contributed by atoms with Crippen molar-refractivity contribution in [2.75, 3.05) is 5.32 Å². The maximum Gasteiger partial charge on any atom is 0.255 e. The molecule has 3 N–H and O–H groups in total. The van der Waals surface area contributed by atoms with Gasteiger partial charge in [0, 0.05) is 53.9 Å². The maximum atomic E-state index is 13.0. The smallest absolute Gasteiger partial charge is 0.255 e. The second-order valence-electron chi connectivity index (χ2n) is 9.35. The molecule has 0 spiro atoms. The van der Waals surface area contributed by atoms with E-state index < -0.39 is 29.6 Å². The summed E-state index contributed by atoms with van der Waals surface area (Å²) < 4.78 is 0. The summed E-state index contributed by atoms with van der Waals surface area (Å²) >= 11 is 5.86. The minimum atomic E-state index is -0.757. The highest BCUT2D eigenvalue weighted by atomic mass is 35.5. The van der Waals surface area contributed by atoms with Crippen molar-refractivity contribution in [2.45, 2.75) is 38.3 Å². The fourth-order valence-electron chi connectivity index (χ4n) is 4.84. The number of anilines is 1. The summed E-state index contributed by atoms with van der Waals surface area (Å²) in [6.45, 7) is 0.125. The Kier molecular flexibility index (Phi) is 6.81. The van der Waals surface area contributed by atoms with Gasteiger partial charge in [-0.2, -0.15) is 0 Å². The normalized spacial score (nSPS) is 21.7. The zero-order chi connectivity index (χ0) is 27.0. The van der Waals surface area contributed by atoms with Gasteiger partial charge in [0.05, 0.1) is 17.2 Å². The third-order valence-corrected chi connectivity index (χ3v) is 7.11. The summed E-state index contributed by atoms with van der Waals surface area (Å²) in [6, 6.07) is 10.7. The van der Waals surface area contributed by atoms with Crippen molar-refractivity contribution in [3.8, 4) is 0 Å². The van der Waals surface area contributed by atoms with E-state index in [2.05, 4.69) is 15.6 Å². The van der Waals surface area contributed by atoms with Crippen LogP contribution in [-0.4, -0.2) is 51.7 Å². The van der Waals surface area contributed by atoms with Crippen molar-refractivity contribution >= 4 is 58.6 Å². The van der Waals surface area contributed by atoms with E-state index in [1.54, 1.807) is 42.5 Å². The topological polar surface area (TPSA) is 145 Å². The molecular weight excluding hydrogens is 512 g/mol. The number of carbonyl (C=O) groups is 5. The summed E-state index contributed by atoms with van der Waals surface area (Å²) in [5, 5.41) is 16.1. The Balaban J connectivity index is 1.31. The minimum absolute atomic E-state index is 0.00416. The number of aliphatic imine (C=N–C) groups is 1. The number of aliphatic hydroxyl groups is 1. The van der Waals surface area contributed by atoms with Crippen molar-refractivity contribution in [3.05, 3.63) is 69.9 Å². The number of ketones is 1. The predicted octanol–water partition coefficient (Wildman–Crippen LogP) is 3.23. The molecule has 0 bridgehead atoms. The van der Waals surface area contributed by atoms with Crippen LogP contribution in [0.15, 0.2) is 58.8 Å².